The van der Waals surface area contributed by atoms with Crippen molar-refractivity contribution in [2.24, 2.45) is 0 Å². The van der Waals surface area contributed by atoms with E-state index >= 15 is 0 Å². The van der Waals surface area contributed by atoms with Crippen molar-refractivity contribution in [2.75, 3.05) is 0 Å². The van der Waals surface area contributed by atoms with Crippen LogP contribution in [0.25, 0.3) is 71.7 Å². The summed E-state index contributed by atoms with van der Waals surface area (Å²) in [7, 11) is 0. The number of aromatic nitrogens is 1. The molecule has 0 spiro atoms. The first-order valence-electron chi connectivity index (χ1n) is 16.1. The topological polar surface area (TPSA) is 35.1 Å². The molecule has 2 aliphatic rings. The fourth-order valence-electron chi connectivity index (χ4n) is 8.96. The van der Waals surface area contributed by atoms with E-state index in [9.17, 15) is 4.79 Å². The molecule has 0 bridgehead atoms. The molecule has 0 atom stereocenters. The SMILES string of the molecule is CC1(C)c2ccccc2-c2c1c1c(c3c2c2ccccc2n3-c2ccc3c(=O)c4ccccc4oc3c2)-c2ccccc2C1(C)C. The van der Waals surface area contributed by atoms with Crippen molar-refractivity contribution in [2.45, 2.75) is 38.5 Å². The Bertz CT molecular complexity index is 2720. The van der Waals surface area contributed by atoms with Gasteiger partial charge in [0, 0.05) is 38.9 Å². The molecule has 0 aliphatic heterocycles. The normalized spacial score (nSPS) is 15.4. The summed E-state index contributed by atoms with van der Waals surface area (Å²) in [6.45, 7) is 9.59. The second-order valence-corrected chi connectivity index (χ2v) is 14.0. The maximum absolute atomic E-state index is 13.5. The summed E-state index contributed by atoms with van der Waals surface area (Å²) in [5.74, 6) is 0. The van der Waals surface area contributed by atoms with Crippen LogP contribution in [0.1, 0.15) is 49.9 Å². The molecule has 0 radical (unpaired) electrons. The van der Waals surface area contributed by atoms with Crippen molar-refractivity contribution in [3.05, 3.63) is 148 Å². The number of para-hydroxylation sites is 2. The summed E-state index contributed by atoms with van der Waals surface area (Å²) in [5.41, 5.74) is 15.0. The molecular weight excluding hydrogens is 562 g/mol. The largest absolute Gasteiger partial charge is 0.456 e. The number of hydrogen-bond donors (Lipinski definition) is 0. The van der Waals surface area contributed by atoms with Gasteiger partial charge in [0.15, 0.2) is 0 Å². The highest BCUT2D eigenvalue weighted by molar-refractivity contribution is 6.23. The molecule has 0 unspecified atom stereocenters. The van der Waals surface area contributed by atoms with Gasteiger partial charge in [-0.15, -0.1) is 0 Å². The molecule has 0 N–H and O–H groups in total. The van der Waals surface area contributed by atoms with Gasteiger partial charge in [-0.1, -0.05) is 107 Å². The minimum Gasteiger partial charge on any atom is -0.456 e. The van der Waals surface area contributed by atoms with Crippen LogP contribution in [0.4, 0.5) is 0 Å². The Kier molecular flexibility index (Phi) is 4.75. The lowest BCUT2D eigenvalue weighted by Crippen LogP contribution is -2.24. The quantitative estimate of drug-likeness (QED) is 0.178. The van der Waals surface area contributed by atoms with E-state index in [0.717, 1.165) is 11.2 Å². The van der Waals surface area contributed by atoms with Crippen molar-refractivity contribution >= 4 is 43.7 Å². The Morgan fingerprint density at radius 3 is 1.87 bits per heavy atom. The third kappa shape index (κ3) is 2.97. The van der Waals surface area contributed by atoms with E-state index in [1.165, 1.54) is 60.8 Å². The summed E-state index contributed by atoms with van der Waals surface area (Å²) >= 11 is 0. The minimum absolute atomic E-state index is 0.00107. The van der Waals surface area contributed by atoms with E-state index in [4.69, 9.17) is 4.42 Å². The highest BCUT2D eigenvalue weighted by Crippen LogP contribution is 2.63. The first-order chi connectivity index (χ1) is 22.3. The molecule has 2 aliphatic carbocycles. The molecule has 0 fully saturated rings. The van der Waals surface area contributed by atoms with Gasteiger partial charge in [-0.2, -0.15) is 0 Å². The maximum Gasteiger partial charge on any atom is 0.200 e. The van der Waals surface area contributed by atoms with Gasteiger partial charge in [-0.05, 0) is 69.3 Å². The van der Waals surface area contributed by atoms with Gasteiger partial charge in [0.1, 0.15) is 11.2 Å². The van der Waals surface area contributed by atoms with E-state index < -0.39 is 0 Å². The fraction of sp³-hybridized carbons (Fsp3) is 0.140. The number of nitrogens with zero attached hydrogens (tertiary/aromatic N) is 1. The molecule has 0 saturated carbocycles. The number of fused-ring (bicyclic) bond motifs is 14. The molecule has 6 aromatic carbocycles. The first kappa shape index (κ1) is 25.9. The minimum atomic E-state index is -0.195. The lowest BCUT2D eigenvalue weighted by atomic mass is 9.72. The first-order valence-corrected chi connectivity index (χ1v) is 16.1. The number of rotatable bonds is 1. The summed E-state index contributed by atoms with van der Waals surface area (Å²) in [6.07, 6.45) is 0. The zero-order chi connectivity index (χ0) is 31.1. The summed E-state index contributed by atoms with van der Waals surface area (Å²) in [4.78, 5) is 13.5. The lowest BCUT2D eigenvalue weighted by Gasteiger charge is -2.31. The van der Waals surface area contributed by atoms with Crippen LogP contribution in [0.15, 0.2) is 124 Å². The standard InChI is InChI=1S/C43H31NO2/c1-42(2)30-17-9-5-13-25(30)35-36-27-15-7-11-19-32(27)44(24-21-22-29-34(23-24)46-33-20-12-8-16-28(33)41(29)45)40(36)37-26-14-6-10-18-31(26)43(3,4)39(37)38(35)42/h5-23H,1-4H3. The molecule has 8 aromatic rings. The van der Waals surface area contributed by atoms with Crippen LogP contribution in [-0.2, 0) is 10.8 Å². The van der Waals surface area contributed by atoms with Crippen LogP contribution in [-0.4, -0.2) is 4.57 Å². The van der Waals surface area contributed by atoms with E-state index in [-0.39, 0.29) is 16.3 Å². The Labute approximate surface area is 266 Å². The molecule has 0 amide bonds. The van der Waals surface area contributed by atoms with Crippen molar-refractivity contribution in [3.63, 3.8) is 0 Å². The second-order valence-electron chi connectivity index (χ2n) is 14.0. The molecule has 220 valence electrons. The van der Waals surface area contributed by atoms with Gasteiger partial charge in [0.25, 0.3) is 0 Å². The molecule has 0 saturated heterocycles. The second kappa shape index (κ2) is 8.44. The zero-order valence-electron chi connectivity index (χ0n) is 26.2. The third-order valence-electron chi connectivity index (χ3n) is 10.9. The van der Waals surface area contributed by atoms with E-state index in [2.05, 4.69) is 117 Å². The molecule has 3 nitrogen and oxygen atoms in total. The van der Waals surface area contributed by atoms with Crippen LogP contribution in [0.5, 0.6) is 0 Å². The van der Waals surface area contributed by atoms with Gasteiger partial charge in [-0.25, -0.2) is 0 Å². The third-order valence-corrected chi connectivity index (χ3v) is 10.9. The van der Waals surface area contributed by atoms with Gasteiger partial charge in [-0.3, -0.25) is 4.79 Å². The Hall–Kier alpha value is -5.41. The number of benzene rings is 6. The lowest BCUT2D eigenvalue weighted by molar-refractivity contribution is 0.602. The summed E-state index contributed by atoms with van der Waals surface area (Å²) in [5, 5.41) is 3.71. The van der Waals surface area contributed by atoms with Gasteiger partial charge in [0.05, 0.1) is 21.8 Å². The highest BCUT2D eigenvalue weighted by atomic mass is 16.3. The Morgan fingerprint density at radius 2 is 1.13 bits per heavy atom. The van der Waals surface area contributed by atoms with Crippen LogP contribution in [0, 0.1) is 0 Å². The number of hydrogen-bond acceptors (Lipinski definition) is 2. The van der Waals surface area contributed by atoms with Crippen LogP contribution >= 0.6 is 0 Å². The fourth-order valence-corrected chi connectivity index (χ4v) is 8.96. The van der Waals surface area contributed by atoms with E-state index in [0.29, 0.717) is 21.9 Å². The van der Waals surface area contributed by atoms with E-state index in [1.807, 2.05) is 30.3 Å². The average Bonchev–Trinajstić information content (AvgIpc) is 3.62. The van der Waals surface area contributed by atoms with Crippen molar-refractivity contribution in [1.29, 1.82) is 0 Å². The van der Waals surface area contributed by atoms with Crippen molar-refractivity contribution < 1.29 is 4.42 Å². The molecule has 10 rings (SSSR count). The summed E-state index contributed by atoms with van der Waals surface area (Å²) in [6, 6.07) is 40.3. The maximum atomic E-state index is 13.5. The van der Waals surface area contributed by atoms with E-state index in [1.54, 1.807) is 0 Å². The highest BCUT2D eigenvalue weighted by Gasteiger charge is 2.48. The smallest absolute Gasteiger partial charge is 0.200 e. The van der Waals surface area contributed by atoms with Crippen LogP contribution in [0.2, 0.25) is 0 Å². The zero-order valence-corrected chi connectivity index (χ0v) is 26.2. The van der Waals surface area contributed by atoms with Crippen molar-refractivity contribution in [3.8, 4) is 27.9 Å². The summed E-state index contributed by atoms with van der Waals surface area (Å²) < 4.78 is 8.83. The molecule has 46 heavy (non-hydrogen) atoms. The predicted octanol–water partition coefficient (Wildman–Crippen LogP) is 10.7. The Morgan fingerprint density at radius 1 is 0.565 bits per heavy atom. The molecule has 2 aromatic heterocycles. The monoisotopic (exact) mass is 593 g/mol. The molecule has 2 heterocycles. The predicted molar refractivity (Wildman–Crippen MR) is 189 cm³/mol. The van der Waals surface area contributed by atoms with Gasteiger partial charge in [0.2, 0.25) is 5.43 Å². The van der Waals surface area contributed by atoms with Crippen LogP contribution in [0.3, 0.4) is 0 Å². The molecular formula is C43H31NO2. The van der Waals surface area contributed by atoms with Crippen LogP contribution < -0.4 is 5.43 Å². The van der Waals surface area contributed by atoms with Gasteiger partial charge >= 0.3 is 0 Å². The van der Waals surface area contributed by atoms with Gasteiger partial charge < -0.3 is 8.98 Å². The molecule has 3 heteroatoms. The Balaban J connectivity index is 1.45. The van der Waals surface area contributed by atoms with Crippen molar-refractivity contribution in [1.82, 2.24) is 4.57 Å². The average molecular weight is 594 g/mol.